The summed E-state index contributed by atoms with van der Waals surface area (Å²) in [6.07, 6.45) is 6.89. The Kier molecular flexibility index (Phi) is 4.88. The Morgan fingerprint density at radius 1 is 0.667 bits per heavy atom. The fourth-order valence-electron chi connectivity index (χ4n) is 2.51. The second-order valence-electron chi connectivity index (χ2n) is 5.68. The number of nitrogens with zero attached hydrogens (tertiary/aromatic N) is 5. The van der Waals surface area contributed by atoms with Gasteiger partial charge in [-0.3, -0.25) is 20.4 Å². The molecular formula is C21H16N6. The molecule has 130 valence electrons. The molecule has 0 bridgehead atoms. The van der Waals surface area contributed by atoms with E-state index in [2.05, 4.69) is 25.5 Å². The lowest BCUT2D eigenvalue weighted by molar-refractivity contribution is 1.21. The average molecular weight is 352 g/mol. The fourth-order valence-corrected chi connectivity index (χ4v) is 2.51. The molecule has 4 heterocycles. The maximum absolute atomic E-state index is 4.71. The van der Waals surface area contributed by atoms with Gasteiger partial charge < -0.3 is 0 Å². The van der Waals surface area contributed by atoms with Crippen molar-refractivity contribution in [2.75, 3.05) is 5.43 Å². The van der Waals surface area contributed by atoms with Gasteiger partial charge in [0.1, 0.15) is 0 Å². The van der Waals surface area contributed by atoms with Gasteiger partial charge in [0.05, 0.1) is 40.4 Å². The molecule has 1 N–H and O–H groups in total. The molecule has 0 unspecified atom stereocenters. The number of pyridine rings is 4. The minimum absolute atomic E-state index is 0.745. The highest BCUT2D eigenvalue weighted by Gasteiger charge is 2.08. The van der Waals surface area contributed by atoms with Crippen molar-refractivity contribution >= 4 is 11.9 Å². The lowest BCUT2D eigenvalue weighted by Crippen LogP contribution is -1.97. The third-order valence-corrected chi connectivity index (χ3v) is 3.76. The predicted octanol–water partition coefficient (Wildman–Crippen LogP) is 4.05. The Morgan fingerprint density at radius 2 is 1.26 bits per heavy atom. The first-order valence-electron chi connectivity index (χ1n) is 8.43. The van der Waals surface area contributed by atoms with Crippen molar-refractivity contribution in [3.8, 4) is 22.8 Å². The van der Waals surface area contributed by atoms with Crippen LogP contribution in [0.4, 0.5) is 5.69 Å². The first kappa shape index (κ1) is 16.5. The molecule has 4 rings (SSSR count). The Bertz CT molecular complexity index is 976. The van der Waals surface area contributed by atoms with Crippen molar-refractivity contribution in [3.63, 3.8) is 0 Å². The molecule has 6 heteroatoms. The molecule has 0 saturated carbocycles. The van der Waals surface area contributed by atoms with E-state index in [4.69, 9.17) is 4.98 Å². The summed E-state index contributed by atoms with van der Waals surface area (Å²) in [6.45, 7) is 0. The molecule has 0 aliphatic heterocycles. The van der Waals surface area contributed by atoms with E-state index in [1.54, 1.807) is 24.8 Å². The topological polar surface area (TPSA) is 76.0 Å². The molecule has 4 aromatic heterocycles. The van der Waals surface area contributed by atoms with Crippen LogP contribution in [0.3, 0.4) is 0 Å². The van der Waals surface area contributed by atoms with Crippen LogP contribution >= 0.6 is 0 Å². The molecule has 0 aromatic carbocycles. The summed E-state index contributed by atoms with van der Waals surface area (Å²) in [7, 11) is 0. The summed E-state index contributed by atoms with van der Waals surface area (Å²) < 4.78 is 0. The van der Waals surface area contributed by atoms with Gasteiger partial charge in [0, 0.05) is 18.6 Å². The Balaban J connectivity index is 1.69. The number of hydrazone groups is 1. The normalized spacial score (nSPS) is 10.8. The van der Waals surface area contributed by atoms with E-state index in [-0.39, 0.29) is 0 Å². The van der Waals surface area contributed by atoms with Crippen molar-refractivity contribution in [1.82, 2.24) is 19.9 Å². The maximum Gasteiger partial charge on any atom is 0.0915 e. The van der Waals surface area contributed by atoms with E-state index in [0.717, 1.165) is 34.2 Å². The Labute approximate surface area is 156 Å². The SMILES string of the molecule is C(=N\Nc1cc(-c2ccccn2)nc(-c2ccccn2)c1)/c1ccccn1. The van der Waals surface area contributed by atoms with E-state index in [1.807, 2.05) is 66.7 Å². The number of hydrogen-bond donors (Lipinski definition) is 1. The van der Waals surface area contributed by atoms with Crippen LogP contribution in [0.2, 0.25) is 0 Å². The van der Waals surface area contributed by atoms with Gasteiger partial charge in [-0.05, 0) is 48.5 Å². The van der Waals surface area contributed by atoms with E-state index in [0.29, 0.717) is 0 Å². The minimum Gasteiger partial charge on any atom is -0.278 e. The molecule has 0 amide bonds. The van der Waals surface area contributed by atoms with Gasteiger partial charge in [0.15, 0.2) is 0 Å². The van der Waals surface area contributed by atoms with Crippen molar-refractivity contribution in [3.05, 3.63) is 91.0 Å². The molecular weight excluding hydrogens is 336 g/mol. The second-order valence-corrected chi connectivity index (χ2v) is 5.68. The number of anilines is 1. The van der Waals surface area contributed by atoms with Gasteiger partial charge >= 0.3 is 0 Å². The van der Waals surface area contributed by atoms with Gasteiger partial charge in [-0.2, -0.15) is 5.10 Å². The minimum atomic E-state index is 0.745. The molecule has 27 heavy (non-hydrogen) atoms. The molecule has 0 aliphatic rings. The highest BCUT2D eigenvalue weighted by Crippen LogP contribution is 2.25. The van der Waals surface area contributed by atoms with Gasteiger partial charge in [-0.25, -0.2) is 4.98 Å². The van der Waals surface area contributed by atoms with Crippen molar-refractivity contribution < 1.29 is 0 Å². The van der Waals surface area contributed by atoms with Crippen LogP contribution in [0.1, 0.15) is 5.69 Å². The van der Waals surface area contributed by atoms with Gasteiger partial charge in [0.25, 0.3) is 0 Å². The van der Waals surface area contributed by atoms with Crippen LogP contribution < -0.4 is 5.43 Å². The van der Waals surface area contributed by atoms with E-state index >= 15 is 0 Å². The molecule has 0 radical (unpaired) electrons. The molecule has 0 fully saturated rings. The second kappa shape index (κ2) is 7.97. The highest BCUT2D eigenvalue weighted by molar-refractivity contribution is 5.78. The van der Waals surface area contributed by atoms with Crippen LogP contribution in [-0.2, 0) is 0 Å². The predicted molar refractivity (Wildman–Crippen MR) is 106 cm³/mol. The fraction of sp³-hybridized carbons (Fsp3) is 0. The van der Waals surface area contributed by atoms with E-state index in [9.17, 15) is 0 Å². The Hall–Kier alpha value is -3.93. The third kappa shape index (κ3) is 4.19. The number of nitrogens with one attached hydrogen (secondary N) is 1. The summed E-state index contributed by atoms with van der Waals surface area (Å²) >= 11 is 0. The van der Waals surface area contributed by atoms with Crippen LogP contribution in [0.15, 0.2) is 90.4 Å². The van der Waals surface area contributed by atoms with E-state index in [1.165, 1.54) is 0 Å². The first-order valence-corrected chi connectivity index (χ1v) is 8.43. The van der Waals surface area contributed by atoms with Crippen LogP contribution in [-0.4, -0.2) is 26.2 Å². The number of hydrogen-bond acceptors (Lipinski definition) is 6. The zero-order chi connectivity index (χ0) is 18.3. The third-order valence-electron chi connectivity index (χ3n) is 3.76. The van der Waals surface area contributed by atoms with Crippen LogP contribution in [0, 0.1) is 0 Å². The zero-order valence-corrected chi connectivity index (χ0v) is 14.4. The lowest BCUT2D eigenvalue weighted by atomic mass is 10.1. The summed E-state index contributed by atoms with van der Waals surface area (Å²) in [4.78, 5) is 17.7. The molecule has 6 nitrogen and oxygen atoms in total. The summed E-state index contributed by atoms with van der Waals surface area (Å²) in [5.41, 5.74) is 7.67. The molecule has 0 spiro atoms. The highest BCUT2D eigenvalue weighted by atomic mass is 15.3. The Morgan fingerprint density at radius 3 is 1.78 bits per heavy atom. The van der Waals surface area contributed by atoms with Gasteiger partial charge in [-0.15, -0.1) is 0 Å². The quantitative estimate of drug-likeness (QED) is 0.433. The first-order chi connectivity index (χ1) is 13.4. The number of rotatable bonds is 5. The molecule has 0 saturated heterocycles. The van der Waals surface area contributed by atoms with Gasteiger partial charge in [0.2, 0.25) is 0 Å². The zero-order valence-electron chi connectivity index (χ0n) is 14.4. The van der Waals surface area contributed by atoms with Crippen molar-refractivity contribution in [2.24, 2.45) is 5.10 Å². The summed E-state index contributed by atoms with van der Waals surface area (Å²) in [5, 5.41) is 4.28. The molecule has 4 aromatic rings. The standard InChI is InChI=1S/C21H16N6/c1-4-10-22-16(7-1)15-25-27-17-13-20(18-8-2-5-11-23-18)26-21(14-17)19-9-3-6-12-24-19/h1-15H,(H,26,27)/b25-15+. The number of aromatic nitrogens is 4. The van der Waals surface area contributed by atoms with Gasteiger partial charge in [-0.1, -0.05) is 18.2 Å². The van der Waals surface area contributed by atoms with Crippen LogP contribution in [0.25, 0.3) is 22.8 Å². The summed E-state index contributed by atoms with van der Waals surface area (Å²) in [6, 6.07) is 21.0. The molecule has 0 aliphatic carbocycles. The lowest BCUT2D eigenvalue weighted by Gasteiger charge is -2.08. The maximum atomic E-state index is 4.71. The van der Waals surface area contributed by atoms with Crippen molar-refractivity contribution in [2.45, 2.75) is 0 Å². The van der Waals surface area contributed by atoms with Crippen molar-refractivity contribution in [1.29, 1.82) is 0 Å². The van der Waals surface area contributed by atoms with Crippen LogP contribution in [0.5, 0.6) is 0 Å². The average Bonchev–Trinajstić information content (AvgIpc) is 2.76. The largest absolute Gasteiger partial charge is 0.278 e. The summed E-state index contributed by atoms with van der Waals surface area (Å²) in [5.74, 6) is 0. The smallest absolute Gasteiger partial charge is 0.0915 e. The monoisotopic (exact) mass is 352 g/mol. The molecule has 0 atom stereocenters. The van der Waals surface area contributed by atoms with E-state index < -0.39 is 0 Å².